The number of hydrogen-bond acceptors (Lipinski definition) is 3. The van der Waals surface area contributed by atoms with Crippen LogP contribution in [-0.4, -0.2) is 10.8 Å². The van der Waals surface area contributed by atoms with Crippen molar-refractivity contribution in [3.05, 3.63) is 82.4 Å². The van der Waals surface area contributed by atoms with Crippen molar-refractivity contribution in [2.45, 2.75) is 32.4 Å². The molecule has 1 amide bonds. The molecule has 0 aliphatic heterocycles. The molecule has 0 aliphatic rings. The number of benzene rings is 1. The quantitative estimate of drug-likeness (QED) is 0.602. The van der Waals surface area contributed by atoms with Crippen molar-refractivity contribution in [3.63, 3.8) is 0 Å². The van der Waals surface area contributed by atoms with Crippen LogP contribution in [0.25, 0.3) is 0 Å². The minimum absolute atomic E-state index is 0.113. The molecule has 0 N–H and O–H groups in total. The second-order valence-corrected chi connectivity index (χ2v) is 6.81. The molecule has 0 unspecified atom stereocenters. The fourth-order valence-corrected chi connectivity index (χ4v) is 3.58. The van der Waals surface area contributed by atoms with Gasteiger partial charge in [0.1, 0.15) is 0 Å². The van der Waals surface area contributed by atoms with Gasteiger partial charge in [-0.15, -0.1) is 11.3 Å². The van der Waals surface area contributed by atoms with Crippen molar-refractivity contribution in [1.82, 2.24) is 4.90 Å². The Morgan fingerprint density at radius 1 is 1.12 bits per heavy atom. The highest BCUT2D eigenvalue weighted by Gasteiger charge is 2.25. The molecular weight excluding hydrogens is 318 g/mol. The molecule has 0 saturated carbocycles. The van der Waals surface area contributed by atoms with Crippen molar-refractivity contribution in [3.8, 4) is 0 Å². The maximum atomic E-state index is 13.2. The zero-order chi connectivity index (χ0) is 16.8. The Morgan fingerprint density at radius 2 is 1.96 bits per heavy atom. The monoisotopic (exact) mass is 339 g/mol. The molecule has 3 nitrogen and oxygen atoms in total. The van der Waals surface area contributed by atoms with Gasteiger partial charge in [0, 0.05) is 17.0 Å². The van der Waals surface area contributed by atoms with Crippen LogP contribution in [0.15, 0.2) is 70.9 Å². The predicted molar refractivity (Wildman–Crippen MR) is 96.8 cm³/mol. The van der Waals surface area contributed by atoms with E-state index >= 15 is 0 Å². The Kier molecular flexibility index (Phi) is 5.49. The van der Waals surface area contributed by atoms with Gasteiger partial charge in [-0.05, 0) is 29.5 Å². The molecule has 3 rings (SSSR count). The van der Waals surface area contributed by atoms with Crippen LogP contribution in [0.4, 0.5) is 0 Å². The van der Waals surface area contributed by atoms with E-state index in [1.165, 1.54) is 4.88 Å². The lowest BCUT2D eigenvalue weighted by molar-refractivity contribution is -0.134. The van der Waals surface area contributed by atoms with Gasteiger partial charge in [-0.25, -0.2) is 0 Å². The fourth-order valence-electron chi connectivity index (χ4n) is 2.86. The van der Waals surface area contributed by atoms with E-state index in [9.17, 15) is 4.79 Å². The molecule has 0 spiro atoms. The van der Waals surface area contributed by atoms with Crippen molar-refractivity contribution < 1.29 is 9.21 Å². The summed E-state index contributed by atoms with van der Waals surface area (Å²) in [5.74, 6) is 0.0522. The van der Waals surface area contributed by atoms with Gasteiger partial charge in [-0.1, -0.05) is 43.3 Å². The highest BCUT2D eigenvalue weighted by Crippen LogP contribution is 2.25. The largest absolute Gasteiger partial charge is 0.472 e. The Morgan fingerprint density at radius 3 is 2.58 bits per heavy atom. The van der Waals surface area contributed by atoms with Crippen LogP contribution in [0.1, 0.15) is 35.3 Å². The topological polar surface area (TPSA) is 33.5 Å². The molecule has 124 valence electrons. The molecule has 24 heavy (non-hydrogen) atoms. The van der Waals surface area contributed by atoms with Crippen LogP contribution in [-0.2, 0) is 17.9 Å². The third kappa shape index (κ3) is 3.95. The summed E-state index contributed by atoms with van der Waals surface area (Å²) < 4.78 is 5.17. The lowest BCUT2D eigenvalue weighted by Crippen LogP contribution is -2.34. The first kappa shape index (κ1) is 16.5. The van der Waals surface area contributed by atoms with Crippen molar-refractivity contribution in [2.75, 3.05) is 0 Å². The summed E-state index contributed by atoms with van der Waals surface area (Å²) in [6.45, 7) is 3.26. The first-order chi connectivity index (χ1) is 11.8. The molecule has 0 bridgehead atoms. The van der Waals surface area contributed by atoms with Gasteiger partial charge in [-0.2, -0.15) is 0 Å². The molecule has 0 radical (unpaired) electrons. The van der Waals surface area contributed by atoms with Crippen LogP contribution in [0, 0.1) is 0 Å². The number of rotatable bonds is 7. The van der Waals surface area contributed by atoms with Crippen LogP contribution >= 0.6 is 11.3 Å². The standard InChI is InChI=1S/C20H21NO2S/c1-2-19(17-7-4-3-5-8-17)20(22)21(13-16-10-11-23-15-16)14-18-9-6-12-24-18/h3-12,15,19H,2,13-14H2,1H3/t19-/m1/s1. The Bertz CT molecular complexity index is 699. The Balaban J connectivity index is 1.83. The predicted octanol–water partition coefficient (Wildman–Crippen LogP) is 5.06. The Hall–Kier alpha value is -2.33. The van der Waals surface area contributed by atoms with Crippen LogP contribution in [0.2, 0.25) is 0 Å². The summed E-state index contributed by atoms with van der Waals surface area (Å²) in [7, 11) is 0. The average Bonchev–Trinajstić information content (AvgIpc) is 3.30. The summed E-state index contributed by atoms with van der Waals surface area (Å²) >= 11 is 1.68. The number of amides is 1. The van der Waals surface area contributed by atoms with Crippen molar-refractivity contribution >= 4 is 17.2 Å². The fraction of sp³-hybridized carbons (Fsp3) is 0.250. The van der Waals surface area contributed by atoms with Crippen LogP contribution < -0.4 is 0 Å². The smallest absolute Gasteiger partial charge is 0.230 e. The third-order valence-corrected chi connectivity index (χ3v) is 4.96. The molecule has 0 saturated heterocycles. The minimum Gasteiger partial charge on any atom is -0.472 e. The zero-order valence-corrected chi connectivity index (χ0v) is 14.5. The first-order valence-electron chi connectivity index (χ1n) is 8.15. The molecule has 2 aromatic heterocycles. The molecule has 0 fully saturated rings. The normalized spacial score (nSPS) is 12.0. The van der Waals surface area contributed by atoms with Crippen molar-refractivity contribution in [1.29, 1.82) is 0 Å². The summed E-state index contributed by atoms with van der Waals surface area (Å²) in [6.07, 6.45) is 4.14. The molecule has 1 atom stereocenters. The van der Waals surface area contributed by atoms with Gasteiger partial charge >= 0.3 is 0 Å². The maximum Gasteiger partial charge on any atom is 0.230 e. The van der Waals surface area contributed by atoms with Gasteiger partial charge in [-0.3, -0.25) is 4.79 Å². The van der Waals surface area contributed by atoms with E-state index in [-0.39, 0.29) is 11.8 Å². The van der Waals surface area contributed by atoms with E-state index < -0.39 is 0 Å². The number of hydrogen-bond donors (Lipinski definition) is 0. The van der Waals surface area contributed by atoms with Gasteiger partial charge in [0.2, 0.25) is 5.91 Å². The summed E-state index contributed by atoms with van der Waals surface area (Å²) in [6, 6.07) is 16.0. The van der Waals surface area contributed by atoms with Gasteiger partial charge < -0.3 is 9.32 Å². The maximum absolute atomic E-state index is 13.2. The zero-order valence-electron chi connectivity index (χ0n) is 13.7. The molecule has 1 aromatic carbocycles. The summed E-state index contributed by atoms with van der Waals surface area (Å²) in [5, 5.41) is 2.05. The second-order valence-electron chi connectivity index (χ2n) is 5.78. The third-order valence-electron chi connectivity index (χ3n) is 4.10. The number of nitrogens with zero attached hydrogens (tertiary/aromatic N) is 1. The number of thiophene rings is 1. The van der Waals surface area contributed by atoms with E-state index in [4.69, 9.17) is 4.42 Å². The van der Waals surface area contributed by atoms with Crippen LogP contribution in [0.3, 0.4) is 0 Å². The first-order valence-corrected chi connectivity index (χ1v) is 9.03. The molecule has 4 heteroatoms. The Labute approximate surface area is 146 Å². The molecular formula is C20H21NO2S. The SMILES string of the molecule is CC[C@@H](C(=O)N(Cc1ccoc1)Cc1cccs1)c1ccccc1. The van der Waals surface area contributed by atoms with Gasteiger partial charge in [0.05, 0.1) is 25.0 Å². The lowest BCUT2D eigenvalue weighted by Gasteiger charge is -2.26. The molecule has 3 aromatic rings. The van der Waals surface area contributed by atoms with Gasteiger partial charge in [0.15, 0.2) is 0 Å². The second kappa shape index (κ2) is 7.97. The molecule has 0 aliphatic carbocycles. The van der Waals surface area contributed by atoms with E-state index in [0.29, 0.717) is 13.1 Å². The van der Waals surface area contributed by atoms with Crippen LogP contribution in [0.5, 0.6) is 0 Å². The van der Waals surface area contributed by atoms with Crippen molar-refractivity contribution in [2.24, 2.45) is 0 Å². The summed E-state index contributed by atoms with van der Waals surface area (Å²) in [4.78, 5) is 16.3. The van der Waals surface area contributed by atoms with E-state index in [2.05, 4.69) is 13.0 Å². The number of carbonyl (C=O) groups excluding carboxylic acids is 1. The lowest BCUT2D eigenvalue weighted by atomic mass is 9.95. The molecule has 2 heterocycles. The minimum atomic E-state index is -0.113. The number of carbonyl (C=O) groups is 1. The van der Waals surface area contributed by atoms with E-state index in [1.54, 1.807) is 23.9 Å². The number of furan rings is 1. The van der Waals surface area contributed by atoms with Gasteiger partial charge in [0.25, 0.3) is 0 Å². The van der Waals surface area contributed by atoms with E-state index in [1.807, 2.05) is 52.7 Å². The average molecular weight is 339 g/mol. The van der Waals surface area contributed by atoms with E-state index in [0.717, 1.165) is 17.5 Å². The summed E-state index contributed by atoms with van der Waals surface area (Å²) in [5.41, 5.74) is 2.09. The highest BCUT2D eigenvalue weighted by atomic mass is 32.1. The highest BCUT2D eigenvalue weighted by molar-refractivity contribution is 7.09.